The lowest BCUT2D eigenvalue weighted by Gasteiger charge is -2.13. The third-order valence-electron chi connectivity index (χ3n) is 3.07. The summed E-state index contributed by atoms with van der Waals surface area (Å²) < 4.78 is 0. The molecule has 0 bridgehead atoms. The average molecular weight is 211 g/mol. The molecule has 1 amide bonds. The van der Waals surface area contributed by atoms with Crippen molar-refractivity contribution in [1.29, 1.82) is 0 Å². The summed E-state index contributed by atoms with van der Waals surface area (Å²) in [5.41, 5.74) is 5.85. The van der Waals surface area contributed by atoms with Gasteiger partial charge in [-0.25, -0.2) is 0 Å². The van der Waals surface area contributed by atoms with Gasteiger partial charge in [-0.3, -0.25) is 9.79 Å². The van der Waals surface area contributed by atoms with Crippen molar-refractivity contribution in [2.45, 2.75) is 32.6 Å². The van der Waals surface area contributed by atoms with Crippen LogP contribution < -0.4 is 5.73 Å². The maximum absolute atomic E-state index is 11.5. The highest BCUT2D eigenvalue weighted by Crippen LogP contribution is 2.24. The molecule has 0 unspecified atom stereocenters. The Balaban J connectivity index is 2.38. The van der Waals surface area contributed by atoms with Crippen LogP contribution in [0.4, 0.5) is 0 Å². The van der Waals surface area contributed by atoms with Crippen LogP contribution in [0.1, 0.15) is 32.6 Å². The Morgan fingerprint density at radius 3 is 2.60 bits per heavy atom. The third kappa shape index (κ3) is 3.53. The quantitative estimate of drug-likeness (QED) is 0.557. The maximum Gasteiger partial charge on any atom is 0.244 e. The highest BCUT2D eigenvalue weighted by Gasteiger charge is 2.18. The van der Waals surface area contributed by atoms with Crippen molar-refractivity contribution >= 4 is 11.7 Å². The van der Waals surface area contributed by atoms with Crippen LogP contribution in [-0.2, 0) is 4.79 Å². The second-order valence-electron chi connectivity index (χ2n) is 4.13. The number of amidine groups is 1. The summed E-state index contributed by atoms with van der Waals surface area (Å²) in [6.45, 7) is 2.87. The number of carbonyl (C=O) groups excluding carboxylic acids is 1. The topological polar surface area (TPSA) is 58.7 Å². The fourth-order valence-electron chi connectivity index (χ4n) is 1.81. The van der Waals surface area contributed by atoms with E-state index >= 15 is 0 Å². The Labute approximate surface area is 91.5 Å². The Bertz CT molecular complexity index is 244. The zero-order valence-corrected chi connectivity index (χ0v) is 9.70. The minimum Gasteiger partial charge on any atom is -0.387 e. The Morgan fingerprint density at radius 2 is 2.07 bits per heavy atom. The van der Waals surface area contributed by atoms with Gasteiger partial charge in [-0.05, 0) is 19.8 Å². The summed E-state index contributed by atoms with van der Waals surface area (Å²) in [5, 5.41) is 0. The number of carbonyl (C=O) groups is 1. The molecule has 4 heteroatoms. The number of amides is 1. The van der Waals surface area contributed by atoms with Gasteiger partial charge in [-0.15, -0.1) is 0 Å². The number of hydrogen-bond acceptors (Lipinski definition) is 2. The molecule has 0 aliphatic heterocycles. The number of rotatable bonds is 4. The second-order valence-corrected chi connectivity index (χ2v) is 4.13. The van der Waals surface area contributed by atoms with Crippen molar-refractivity contribution in [1.82, 2.24) is 4.90 Å². The highest BCUT2D eigenvalue weighted by atomic mass is 16.2. The van der Waals surface area contributed by atoms with Gasteiger partial charge >= 0.3 is 0 Å². The van der Waals surface area contributed by atoms with Gasteiger partial charge in [0.1, 0.15) is 6.54 Å². The fourth-order valence-corrected chi connectivity index (χ4v) is 1.81. The van der Waals surface area contributed by atoms with E-state index in [9.17, 15) is 4.79 Å². The zero-order chi connectivity index (χ0) is 11.3. The van der Waals surface area contributed by atoms with Crippen molar-refractivity contribution in [3.05, 3.63) is 0 Å². The van der Waals surface area contributed by atoms with E-state index in [2.05, 4.69) is 4.99 Å². The van der Waals surface area contributed by atoms with E-state index < -0.39 is 0 Å². The number of hydrogen-bond donors (Lipinski definition) is 1. The molecule has 0 saturated heterocycles. The molecule has 0 spiro atoms. The van der Waals surface area contributed by atoms with Gasteiger partial charge in [-0.2, -0.15) is 0 Å². The van der Waals surface area contributed by atoms with Gasteiger partial charge in [0.25, 0.3) is 0 Å². The maximum atomic E-state index is 11.5. The van der Waals surface area contributed by atoms with Crippen molar-refractivity contribution in [3.63, 3.8) is 0 Å². The molecule has 0 heterocycles. The van der Waals surface area contributed by atoms with Gasteiger partial charge in [-0.1, -0.05) is 12.8 Å². The lowest BCUT2D eigenvalue weighted by molar-refractivity contribution is -0.128. The number of aliphatic imine (C=N–C) groups is 1. The van der Waals surface area contributed by atoms with Crippen LogP contribution in [0.15, 0.2) is 4.99 Å². The van der Waals surface area contributed by atoms with Gasteiger partial charge in [0, 0.05) is 19.5 Å². The van der Waals surface area contributed by atoms with Crippen molar-refractivity contribution in [2.75, 3.05) is 20.1 Å². The fraction of sp³-hybridized carbons (Fsp3) is 0.818. The molecule has 15 heavy (non-hydrogen) atoms. The van der Waals surface area contributed by atoms with Crippen LogP contribution in [0.25, 0.3) is 0 Å². The Kier molecular flexibility index (Phi) is 4.59. The Morgan fingerprint density at radius 1 is 1.47 bits per heavy atom. The smallest absolute Gasteiger partial charge is 0.244 e. The first-order chi connectivity index (χ1) is 7.15. The van der Waals surface area contributed by atoms with Crippen LogP contribution in [0.5, 0.6) is 0 Å². The molecule has 1 saturated carbocycles. The number of likely N-dealkylation sites (N-methyl/N-ethyl adjacent to an activating group) is 1. The molecule has 0 aromatic carbocycles. The normalized spacial score (nSPS) is 18.1. The van der Waals surface area contributed by atoms with E-state index in [0.29, 0.717) is 11.8 Å². The summed E-state index contributed by atoms with van der Waals surface area (Å²) in [5.74, 6) is 1.13. The lowest BCUT2D eigenvalue weighted by Crippen LogP contribution is -2.30. The SMILES string of the molecule is CCN(C)C(=O)CN=C(N)C1CCCC1. The minimum absolute atomic E-state index is 0.0402. The third-order valence-corrected chi connectivity index (χ3v) is 3.07. The van der Waals surface area contributed by atoms with Crippen LogP contribution in [0.2, 0.25) is 0 Å². The summed E-state index contributed by atoms with van der Waals surface area (Å²) in [6.07, 6.45) is 4.74. The van der Waals surface area contributed by atoms with Crippen molar-refractivity contribution in [2.24, 2.45) is 16.6 Å². The van der Waals surface area contributed by atoms with Crippen LogP contribution in [0.3, 0.4) is 0 Å². The molecular weight excluding hydrogens is 190 g/mol. The molecule has 2 N–H and O–H groups in total. The van der Waals surface area contributed by atoms with Gasteiger partial charge in [0.05, 0.1) is 5.84 Å². The van der Waals surface area contributed by atoms with Gasteiger partial charge in [0.15, 0.2) is 0 Å². The van der Waals surface area contributed by atoms with E-state index in [0.717, 1.165) is 19.4 Å². The van der Waals surface area contributed by atoms with Crippen molar-refractivity contribution < 1.29 is 4.79 Å². The summed E-state index contributed by atoms with van der Waals surface area (Å²) >= 11 is 0. The van der Waals surface area contributed by atoms with Gasteiger partial charge < -0.3 is 10.6 Å². The predicted molar refractivity (Wildman–Crippen MR) is 61.8 cm³/mol. The monoisotopic (exact) mass is 211 g/mol. The van der Waals surface area contributed by atoms with Gasteiger partial charge in [0.2, 0.25) is 5.91 Å². The molecule has 4 nitrogen and oxygen atoms in total. The summed E-state index contributed by atoms with van der Waals surface area (Å²) in [4.78, 5) is 17.3. The van der Waals surface area contributed by atoms with E-state index in [1.54, 1.807) is 11.9 Å². The zero-order valence-electron chi connectivity index (χ0n) is 9.70. The highest BCUT2D eigenvalue weighted by molar-refractivity contribution is 5.86. The summed E-state index contributed by atoms with van der Waals surface area (Å²) in [6, 6.07) is 0. The molecular formula is C11H21N3O. The minimum atomic E-state index is 0.0402. The van der Waals surface area contributed by atoms with E-state index in [1.807, 2.05) is 6.92 Å². The molecule has 1 rings (SSSR count). The van der Waals surface area contributed by atoms with Crippen molar-refractivity contribution in [3.8, 4) is 0 Å². The first kappa shape index (κ1) is 12.0. The van der Waals surface area contributed by atoms with E-state index in [4.69, 9.17) is 5.73 Å². The lowest BCUT2D eigenvalue weighted by atomic mass is 10.1. The molecule has 86 valence electrons. The molecule has 1 fully saturated rings. The van der Waals surface area contributed by atoms with Crippen LogP contribution >= 0.6 is 0 Å². The molecule has 0 radical (unpaired) electrons. The largest absolute Gasteiger partial charge is 0.387 e. The molecule has 0 aromatic heterocycles. The number of nitrogens with zero attached hydrogens (tertiary/aromatic N) is 2. The van der Waals surface area contributed by atoms with E-state index in [-0.39, 0.29) is 12.5 Å². The molecule has 0 aromatic rings. The molecule has 1 aliphatic carbocycles. The van der Waals surface area contributed by atoms with E-state index in [1.165, 1.54) is 12.8 Å². The predicted octanol–water partition coefficient (Wildman–Crippen LogP) is 1.01. The standard InChI is InChI=1S/C11H21N3O/c1-3-14(2)10(15)8-13-11(12)9-6-4-5-7-9/h9H,3-8H2,1-2H3,(H2,12,13). The Hall–Kier alpha value is -1.06. The second kappa shape index (κ2) is 5.73. The van der Waals surface area contributed by atoms with Crippen LogP contribution in [0, 0.1) is 5.92 Å². The average Bonchev–Trinajstić information content (AvgIpc) is 2.77. The molecule has 0 atom stereocenters. The number of nitrogens with two attached hydrogens (primary N) is 1. The first-order valence-electron chi connectivity index (χ1n) is 5.69. The molecule has 1 aliphatic rings. The first-order valence-corrected chi connectivity index (χ1v) is 5.69. The summed E-state index contributed by atoms with van der Waals surface area (Å²) in [7, 11) is 1.78. The van der Waals surface area contributed by atoms with Crippen LogP contribution in [-0.4, -0.2) is 36.8 Å².